The normalized spacial score (nSPS) is 16.4. The van der Waals surface area contributed by atoms with Crippen molar-refractivity contribution in [2.24, 2.45) is 0 Å². The summed E-state index contributed by atoms with van der Waals surface area (Å²) in [5.41, 5.74) is 0.693. The first-order valence-electron chi connectivity index (χ1n) is 7.82. The monoisotopic (exact) mass is 419 g/mol. The van der Waals surface area contributed by atoms with Gasteiger partial charge in [-0.2, -0.15) is 4.31 Å². The van der Waals surface area contributed by atoms with Gasteiger partial charge in [0.1, 0.15) is 9.88 Å². The van der Waals surface area contributed by atoms with E-state index in [0.29, 0.717) is 41.1 Å². The fourth-order valence-corrected chi connectivity index (χ4v) is 5.84. The first-order chi connectivity index (χ1) is 11.8. The van der Waals surface area contributed by atoms with E-state index in [1.165, 1.54) is 27.0 Å². The van der Waals surface area contributed by atoms with Crippen molar-refractivity contribution in [1.82, 2.24) is 14.2 Å². The van der Waals surface area contributed by atoms with Crippen molar-refractivity contribution in [3.8, 4) is 9.88 Å². The van der Waals surface area contributed by atoms with Crippen molar-refractivity contribution in [3.05, 3.63) is 27.0 Å². The maximum absolute atomic E-state index is 12.8. The zero-order valence-electron chi connectivity index (χ0n) is 13.9. The Labute approximate surface area is 160 Å². The molecular weight excluding hydrogens is 402 g/mol. The number of hydrogen-bond acceptors (Lipinski definition) is 6. The van der Waals surface area contributed by atoms with Gasteiger partial charge in [0.25, 0.3) is 5.91 Å². The largest absolute Gasteiger partial charge is 0.335 e. The molecule has 0 bridgehead atoms. The predicted molar refractivity (Wildman–Crippen MR) is 102 cm³/mol. The van der Waals surface area contributed by atoms with Crippen molar-refractivity contribution < 1.29 is 13.2 Å². The van der Waals surface area contributed by atoms with Crippen LogP contribution in [0.2, 0.25) is 4.34 Å². The molecule has 6 nitrogen and oxygen atoms in total. The van der Waals surface area contributed by atoms with Gasteiger partial charge in [-0.25, -0.2) is 13.4 Å². The van der Waals surface area contributed by atoms with E-state index >= 15 is 0 Å². The third-order valence-electron chi connectivity index (χ3n) is 4.06. The van der Waals surface area contributed by atoms with Crippen LogP contribution in [-0.4, -0.2) is 60.4 Å². The van der Waals surface area contributed by atoms with E-state index < -0.39 is 10.0 Å². The van der Waals surface area contributed by atoms with E-state index in [-0.39, 0.29) is 11.7 Å². The van der Waals surface area contributed by atoms with Crippen LogP contribution in [0.1, 0.15) is 22.3 Å². The number of aryl methyl sites for hydroxylation is 1. The van der Waals surface area contributed by atoms with Crippen LogP contribution in [0.4, 0.5) is 0 Å². The highest BCUT2D eigenvalue weighted by atomic mass is 35.5. The second-order valence-corrected chi connectivity index (χ2v) is 10.6. The first-order valence-corrected chi connectivity index (χ1v) is 11.4. The molecule has 0 aliphatic carbocycles. The van der Waals surface area contributed by atoms with Gasteiger partial charge in [0.2, 0.25) is 10.0 Å². The summed E-state index contributed by atoms with van der Waals surface area (Å²) in [6, 6.07) is 3.71. The molecule has 1 amide bonds. The van der Waals surface area contributed by atoms with E-state index in [0.717, 1.165) is 9.88 Å². The van der Waals surface area contributed by atoms with Crippen molar-refractivity contribution in [3.63, 3.8) is 0 Å². The Hall–Kier alpha value is -1.00. The van der Waals surface area contributed by atoms with Gasteiger partial charge < -0.3 is 4.90 Å². The molecule has 0 N–H and O–H groups in total. The Balaban J connectivity index is 1.73. The minimum atomic E-state index is -3.20. The number of carbonyl (C=O) groups is 1. The third-order valence-corrected chi connectivity index (χ3v) is 8.49. The summed E-state index contributed by atoms with van der Waals surface area (Å²) < 4.78 is 26.0. The molecule has 1 aliphatic rings. The average Bonchev–Trinajstić information content (AvgIpc) is 3.20. The molecule has 3 rings (SSSR count). The number of rotatable bonds is 4. The summed E-state index contributed by atoms with van der Waals surface area (Å²) in [6.07, 6.45) is 0. The third kappa shape index (κ3) is 3.90. The van der Waals surface area contributed by atoms with Gasteiger partial charge in [-0.15, -0.1) is 22.7 Å². The maximum Gasteiger partial charge on any atom is 0.265 e. The number of halogens is 1. The van der Waals surface area contributed by atoms with Gasteiger partial charge >= 0.3 is 0 Å². The molecule has 0 unspecified atom stereocenters. The lowest BCUT2D eigenvalue weighted by Gasteiger charge is -2.33. The molecule has 3 heterocycles. The summed E-state index contributed by atoms with van der Waals surface area (Å²) in [7, 11) is -3.20. The summed E-state index contributed by atoms with van der Waals surface area (Å²) in [5, 5.41) is 0.782. The van der Waals surface area contributed by atoms with Gasteiger partial charge in [0.15, 0.2) is 0 Å². The number of sulfonamides is 1. The molecule has 0 radical (unpaired) electrons. The molecule has 2 aromatic heterocycles. The lowest BCUT2D eigenvalue weighted by Crippen LogP contribution is -2.50. The minimum absolute atomic E-state index is 0.0850. The van der Waals surface area contributed by atoms with E-state index in [1.54, 1.807) is 11.8 Å². The van der Waals surface area contributed by atoms with Crippen LogP contribution >= 0.6 is 34.3 Å². The number of nitrogens with zero attached hydrogens (tertiary/aromatic N) is 3. The van der Waals surface area contributed by atoms with Crippen molar-refractivity contribution in [2.45, 2.75) is 13.8 Å². The highest BCUT2D eigenvalue weighted by Gasteiger charge is 2.29. The number of carbonyl (C=O) groups excluding carboxylic acids is 1. The summed E-state index contributed by atoms with van der Waals surface area (Å²) in [4.78, 5) is 20.5. The maximum atomic E-state index is 12.8. The molecule has 0 atom stereocenters. The smallest absolute Gasteiger partial charge is 0.265 e. The topological polar surface area (TPSA) is 70.6 Å². The van der Waals surface area contributed by atoms with Crippen LogP contribution in [0.3, 0.4) is 0 Å². The van der Waals surface area contributed by atoms with E-state index in [4.69, 9.17) is 11.6 Å². The van der Waals surface area contributed by atoms with E-state index in [9.17, 15) is 13.2 Å². The molecule has 10 heteroatoms. The quantitative estimate of drug-likeness (QED) is 0.763. The summed E-state index contributed by atoms with van der Waals surface area (Å²) in [5.74, 6) is -0.000742. The molecule has 136 valence electrons. The summed E-state index contributed by atoms with van der Waals surface area (Å²) >= 11 is 8.76. The van der Waals surface area contributed by atoms with Crippen LogP contribution in [0.15, 0.2) is 12.1 Å². The van der Waals surface area contributed by atoms with Gasteiger partial charge in [-0.1, -0.05) is 11.6 Å². The van der Waals surface area contributed by atoms with Gasteiger partial charge in [-0.3, -0.25) is 4.79 Å². The lowest BCUT2D eigenvalue weighted by molar-refractivity contribution is 0.0702. The number of thiophene rings is 1. The number of thiazole rings is 1. The van der Waals surface area contributed by atoms with Gasteiger partial charge in [0, 0.05) is 26.2 Å². The molecule has 25 heavy (non-hydrogen) atoms. The highest BCUT2D eigenvalue weighted by molar-refractivity contribution is 7.89. The predicted octanol–water partition coefficient (Wildman–Crippen LogP) is 2.94. The fourth-order valence-electron chi connectivity index (χ4n) is 2.63. The highest BCUT2D eigenvalue weighted by Crippen LogP contribution is 2.35. The van der Waals surface area contributed by atoms with Crippen LogP contribution in [0.5, 0.6) is 0 Å². The lowest BCUT2D eigenvalue weighted by atomic mass is 10.3. The Kier molecular flexibility index (Phi) is 5.50. The second kappa shape index (κ2) is 7.32. The molecule has 0 saturated carbocycles. The number of hydrogen-bond donors (Lipinski definition) is 0. The summed E-state index contributed by atoms with van der Waals surface area (Å²) in [6.45, 7) is 4.93. The molecule has 0 spiro atoms. The molecule has 0 aromatic carbocycles. The Morgan fingerprint density at radius 1 is 1.24 bits per heavy atom. The van der Waals surface area contributed by atoms with Crippen molar-refractivity contribution in [2.75, 3.05) is 31.9 Å². The number of aromatic nitrogens is 1. The molecule has 1 saturated heterocycles. The molecule has 1 fully saturated rings. The molecular formula is C15H18ClN3O3S3. The van der Waals surface area contributed by atoms with Gasteiger partial charge in [-0.05, 0) is 26.0 Å². The van der Waals surface area contributed by atoms with Gasteiger partial charge in [0.05, 0.1) is 20.7 Å². The SMILES string of the molecule is CCS(=O)(=O)N1CCN(C(=O)c2sc(-c3ccc(Cl)s3)nc2C)CC1. The Morgan fingerprint density at radius 2 is 1.92 bits per heavy atom. The first kappa shape index (κ1) is 18.8. The molecule has 1 aliphatic heterocycles. The van der Waals surface area contributed by atoms with E-state index in [1.807, 2.05) is 19.1 Å². The zero-order valence-corrected chi connectivity index (χ0v) is 17.1. The average molecular weight is 420 g/mol. The second-order valence-electron chi connectivity index (χ2n) is 5.63. The van der Waals surface area contributed by atoms with Crippen molar-refractivity contribution >= 4 is 50.2 Å². The number of piperazine rings is 1. The Morgan fingerprint density at radius 3 is 2.48 bits per heavy atom. The van der Waals surface area contributed by atoms with Crippen molar-refractivity contribution in [1.29, 1.82) is 0 Å². The van der Waals surface area contributed by atoms with Crippen LogP contribution in [0, 0.1) is 6.92 Å². The number of amides is 1. The fraction of sp³-hybridized carbons (Fsp3) is 0.467. The molecule has 2 aromatic rings. The zero-order chi connectivity index (χ0) is 18.2. The van der Waals surface area contributed by atoms with Crippen LogP contribution in [0.25, 0.3) is 9.88 Å². The minimum Gasteiger partial charge on any atom is -0.335 e. The van der Waals surface area contributed by atoms with E-state index in [2.05, 4.69) is 4.98 Å². The standard InChI is InChI=1S/C15H18ClN3O3S3/c1-3-25(21,22)19-8-6-18(7-9-19)15(20)13-10(2)17-14(24-13)11-4-5-12(16)23-11/h4-5H,3,6-9H2,1-2H3. The van der Waals surface area contributed by atoms with Crippen LogP contribution in [-0.2, 0) is 10.0 Å². The Bertz CT molecular complexity index is 883. The van der Waals surface area contributed by atoms with Crippen LogP contribution < -0.4 is 0 Å².